The largest absolute Gasteiger partial charge is 0.481 e. The molecule has 0 saturated heterocycles. The molecule has 0 aromatic rings. The normalized spacial score (nSPS) is 11.5. The number of carboxylic acids is 6. The van der Waals surface area contributed by atoms with E-state index in [9.17, 15) is 28.8 Å². The molecule has 0 spiro atoms. The lowest BCUT2D eigenvalue weighted by atomic mass is 9.59. The van der Waals surface area contributed by atoms with Crippen LogP contribution in [0.2, 0.25) is 0 Å². The fourth-order valence-electron chi connectivity index (χ4n) is 1.97. The molecule has 12 nitrogen and oxygen atoms in total. The first-order valence-electron chi connectivity index (χ1n) is 5.23. The average Bonchev–Trinajstić information content (AvgIpc) is 2.30. The highest BCUT2D eigenvalue weighted by Gasteiger charge is 2.73. The van der Waals surface area contributed by atoms with Gasteiger partial charge in [0.2, 0.25) is 10.8 Å². The van der Waals surface area contributed by atoms with Gasteiger partial charge in [-0.1, -0.05) is 0 Å². The van der Waals surface area contributed by atoms with Crippen LogP contribution in [0.15, 0.2) is 0 Å². The molecule has 0 fully saturated rings. The summed E-state index contributed by atoms with van der Waals surface area (Å²) in [6, 6.07) is 0. The van der Waals surface area contributed by atoms with Gasteiger partial charge in [0.25, 0.3) is 0 Å². The van der Waals surface area contributed by atoms with Crippen molar-refractivity contribution < 1.29 is 59.4 Å². The maximum atomic E-state index is 11.3. The van der Waals surface area contributed by atoms with Gasteiger partial charge < -0.3 is 30.6 Å². The van der Waals surface area contributed by atoms with Crippen LogP contribution in [-0.2, 0) is 28.8 Å². The summed E-state index contributed by atoms with van der Waals surface area (Å²) < 4.78 is 0. The third-order valence-electron chi connectivity index (χ3n) is 3.02. The molecule has 12 heteroatoms. The predicted molar refractivity (Wildman–Crippen MR) is 59.9 cm³/mol. The molecule has 122 valence electrons. The Morgan fingerprint density at radius 2 is 0.682 bits per heavy atom. The van der Waals surface area contributed by atoms with Crippen molar-refractivity contribution in [1.82, 2.24) is 0 Å². The number of aliphatic carboxylic acids is 6. The molecule has 0 aromatic heterocycles. The van der Waals surface area contributed by atoms with Crippen molar-refractivity contribution in [2.24, 2.45) is 10.8 Å². The van der Waals surface area contributed by atoms with Crippen molar-refractivity contribution in [3.8, 4) is 0 Å². The molecule has 0 aliphatic carbocycles. The standard InChI is InChI=1S/C10H10O12/c11-3(12)1-9(5(15)16,6(17)18)10(7(19)20,8(21)22)2-4(13)14/h1-2H2,(H,11,12)(H,13,14)(H,15,16)(H,17,18)(H,19,20)(H,21,22). The highest BCUT2D eigenvalue weighted by Crippen LogP contribution is 2.47. The maximum absolute atomic E-state index is 11.3. The van der Waals surface area contributed by atoms with Crippen LogP contribution < -0.4 is 0 Å². The Hall–Kier alpha value is -3.18. The second-order valence-corrected chi connectivity index (χ2v) is 4.17. The van der Waals surface area contributed by atoms with Crippen LogP contribution in [-0.4, -0.2) is 66.5 Å². The summed E-state index contributed by atoms with van der Waals surface area (Å²) in [5, 5.41) is 53.4. The minimum Gasteiger partial charge on any atom is -0.481 e. The third kappa shape index (κ3) is 2.65. The molecule has 0 radical (unpaired) electrons. The SMILES string of the molecule is O=C(O)CC(C(=O)O)(C(=O)O)C(CC(=O)O)(C(=O)O)C(=O)O. The molecule has 0 bridgehead atoms. The van der Waals surface area contributed by atoms with Crippen molar-refractivity contribution >= 4 is 35.8 Å². The molecule has 0 unspecified atom stereocenters. The first-order chi connectivity index (χ1) is 9.86. The van der Waals surface area contributed by atoms with Crippen LogP contribution >= 0.6 is 0 Å². The Balaban J connectivity index is 6.90. The fourth-order valence-corrected chi connectivity index (χ4v) is 1.97. The molecule has 0 saturated carbocycles. The molecule has 0 rings (SSSR count). The quantitative estimate of drug-likeness (QED) is 0.260. The zero-order chi connectivity index (χ0) is 17.9. The van der Waals surface area contributed by atoms with Crippen LogP contribution in [0.3, 0.4) is 0 Å². The van der Waals surface area contributed by atoms with E-state index < -0.39 is 59.5 Å². The lowest BCUT2D eigenvalue weighted by Crippen LogP contribution is -2.62. The Labute approximate surface area is 120 Å². The lowest BCUT2D eigenvalue weighted by molar-refractivity contribution is -0.200. The van der Waals surface area contributed by atoms with Crippen LogP contribution in [0.4, 0.5) is 0 Å². The highest BCUT2D eigenvalue weighted by molar-refractivity contribution is 6.15. The highest BCUT2D eigenvalue weighted by atomic mass is 16.4. The van der Waals surface area contributed by atoms with Crippen molar-refractivity contribution in [1.29, 1.82) is 0 Å². The zero-order valence-corrected chi connectivity index (χ0v) is 10.5. The number of hydrogen-bond acceptors (Lipinski definition) is 6. The molecule has 0 aliphatic heterocycles. The molecule has 0 atom stereocenters. The molecule has 0 aliphatic rings. The predicted octanol–water partition coefficient (Wildman–Crippen LogP) is -1.75. The van der Waals surface area contributed by atoms with Crippen LogP contribution in [0, 0.1) is 10.8 Å². The van der Waals surface area contributed by atoms with Gasteiger partial charge in [0, 0.05) is 0 Å². The monoisotopic (exact) mass is 322 g/mol. The molecule has 22 heavy (non-hydrogen) atoms. The van der Waals surface area contributed by atoms with Gasteiger partial charge in [0.05, 0.1) is 12.8 Å². The van der Waals surface area contributed by atoms with Gasteiger partial charge in [-0.15, -0.1) is 0 Å². The average molecular weight is 322 g/mol. The molecule has 0 amide bonds. The van der Waals surface area contributed by atoms with Crippen LogP contribution in [0.1, 0.15) is 12.8 Å². The molecule has 0 heterocycles. The summed E-state index contributed by atoms with van der Waals surface area (Å²) in [5.41, 5.74) is -7.87. The second-order valence-electron chi connectivity index (χ2n) is 4.17. The number of rotatable bonds is 9. The van der Waals surface area contributed by atoms with E-state index in [0.717, 1.165) is 0 Å². The van der Waals surface area contributed by atoms with E-state index in [4.69, 9.17) is 30.6 Å². The zero-order valence-electron chi connectivity index (χ0n) is 10.5. The van der Waals surface area contributed by atoms with Gasteiger partial charge in [-0.25, -0.2) is 0 Å². The lowest BCUT2D eigenvalue weighted by Gasteiger charge is -2.36. The number of hydrogen-bond donors (Lipinski definition) is 6. The Kier molecular flexibility index (Phi) is 5.19. The van der Waals surface area contributed by atoms with E-state index >= 15 is 0 Å². The maximum Gasteiger partial charge on any atom is 0.323 e. The summed E-state index contributed by atoms with van der Waals surface area (Å²) in [5.74, 6) is -14.7. The van der Waals surface area contributed by atoms with E-state index in [1.54, 1.807) is 0 Å². The first kappa shape index (κ1) is 18.8. The Bertz CT molecular complexity index is 480. The summed E-state index contributed by atoms with van der Waals surface area (Å²) in [4.78, 5) is 66.6. The minimum absolute atomic E-state index is 1.95. The summed E-state index contributed by atoms with van der Waals surface area (Å²) in [7, 11) is 0. The van der Waals surface area contributed by atoms with Gasteiger partial charge in [-0.05, 0) is 0 Å². The van der Waals surface area contributed by atoms with Crippen molar-refractivity contribution in [2.45, 2.75) is 12.8 Å². The topological polar surface area (TPSA) is 224 Å². The van der Waals surface area contributed by atoms with E-state index in [0.29, 0.717) is 0 Å². The van der Waals surface area contributed by atoms with Gasteiger partial charge in [0.1, 0.15) is 0 Å². The first-order valence-corrected chi connectivity index (χ1v) is 5.23. The third-order valence-corrected chi connectivity index (χ3v) is 3.02. The van der Waals surface area contributed by atoms with E-state index in [-0.39, 0.29) is 0 Å². The van der Waals surface area contributed by atoms with Crippen molar-refractivity contribution in [3.05, 3.63) is 0 Å². The molecule has 0 aromatic carbocycles. The number of carbonyl (C=O) groups is 6. The summed E-state index contributed by atoms with van der Waals surface area (Å²) >= 11 is 0. The van der Waals surface area contributed by atoms with Gasteiger partial charge in [0.15, 0.2) is 0 Å². The molecule has 6 N–H and O–H groups in total. The van der Waals surface area contributed by atoms with Gasteiger partial charge >= 0.3 is 35.8 Å². The smallest absolute Gasteiger partial charge is 0.323 e. The fraction of sp³-hybridized carbons (Fsp3) is 0.400. The van der Waals surface area contributed by atoms with Crippen molar-refractivity contribution in [3.63, 3.8) is 0 Å². The van der Waals surface area contributed by atoms with Crippen molar-refractivity contribution in [2.75, 3.05) is 0 Å². The number of carboxylic acid groups (broad SMARTS) is 6. The summed E-state index contributed by atoms with van der Waals surface area (Å²) in [6.45, 7) is 0. The van der Waals surface area contributed by atoms with Crippen LogP contribution in [0.5, 0.6) is 0 Å². The molecular formula is C10H10O12. The minimum atomic E-state index is -3.94. The van der Waals surface area contributed by atoms with Gasteiger partial charge in [-0.3, -0.25) is 28.8 Å². The molecular weight excluding hydrogens is 312 g/mol. The summed E-state index contributed by atoms with van der Waals surface area (Å²) in [6.07, 6.45) is -3.91. The van der Waals surface area contributed by atoms with E-state index in [1.807, 2.05) is 0 Å². The van der Waals surface area contributed by atoms with Crippen LogP contribution in [0.25, 0.3) is 0 Å². The van der Waals surface area contributed by atoms with E-state index in [1.165, 1.54) is 0 Å². The second kappa shape index (κ2) is 6.07. The Morgan fingerprint density at radius 3 is 0.773 bits per heavy atom. The Morgan fingerprint density at radius 1 is 0.500 bits per heavy atom. The van der Waals surface area contributed by atoms with Gasteiger partial charge in [-0.2, -0.15) is 0 Å². The van der Waals surface area contributed by atoms with E-state index in [2.05, 4.69) is 0 Å².